The Bertz CT molecular complexity index is 995. The Morgan fingerprint density at radius 2 is 1.96 bits per heavy atom. The lowest BCUT2D eigenvalue weighted by Crippen LogP contribution is -2.43. The van der Waals surface area contributed by atoms with E-state index in [9.17, 15) is 19.1 Å². The molecule has 3 aromatic rings. The molecule has 2 atom stereocenters. The zero-order valence-corrected chi connectivity index (χ0v) is 15.5. The van der Waals surface area contributed by atoms with Crippen LogP contribution in [0.1, 0.15) is 28.9 Å². The van der Waals surface area contributed by atoms with Crippen molar-refractivity contribution < 1.29 is 23.8 Å². The highest BCUT2D eigenvalue weighted by molar-refractivity contribution is 6.31. The first-order valence-electron chi connectivity index (χ1n) is 8.27. The van der Waals surface area contributed by atoms with Gasteiger partial charge in [-0.25, -0.2) is 19.0 Å². The van der Waals surface area contributed by atoms with Gasteiger partial charge in [-0.1, -0.05) is 35.9 Å². The van der Waals surface area contributed by atoms with Gasteiger partial charge in [0.15, 0.2) is 11.6 Å². The van der Waals surface area contributed by atoms with E-state index in [2.05, 4.69) is 4.98 Å². The molecule has 0 aliphatic rings. The number of halogens is 2. The minimum absolute atomic E-state index is 0.0604. The molecule has 8 heteroatoms. The normalized spacial score (nSPS) is 14.1. The maximum absolute atomic E-state index is 13.6. The molecule has 0 saturated carbocycles. The molecule has 0 spiro atoms. The Balaban J connectivity index is 2.15. The molecule has 28 heavy (non-hydrogen) atoms. The molecule has 2 unspecified atom stereocenters. The maximum Gasteiger partial charge on any atom is 0.339 e. The van der Waals surface area contributed by atoms with Crippen molar-refractivity contribution >= 4 is 23.5 Å². The minimum Gasteiger partial charge on any atom is -0.480 e. The van der Waals surface area contributed by atoms with Crippen LogP contribution in [0.25, 0.3) is 0 Å². The second-order valence-corrected chi connectivity index (χ2v) is 6.64. The van der Waals surface area contributed by atoms with Crippen LogP contribution in [0, 0.1) is 5.82 Å². The van der Waals surface area contributed by atoms with Gasteiger partial charge in [0.1, 0.15) is 5.82 Å². The molecule has 0 aliphatic carbocycles. The van der Waals surface area contributed by atoms with Crippen LogP contribution in [0.4, 0.5) is 4.39 Å². The summed E-state index contributed by atoms with van der Waals surface area (Å²) >= 11 is 6.20. The Morgan fingerprint density at radius 1 is 1.25 bits per heavy atom. The number of aromatic nitrogens is 2. The molecule has 1 N–H and O–H groups in total. The van der Waals surface area contributed by atoms with Crippen LogP contribution >= 0.6 is 11.6 Å². The lowest BCUT2D eigenvalue weighted by Gasteiger charge is -2.36. The summed E-state index contributed by atoms with van der Waals surface area (Å²) < 4.78 is 20.6. The predicted octanol–water partition coefficient (Wildman–Crippen LogP) is 4.07. The van der Waals surface area contributed by atoms with Gasteiger partial charge in [-0.2, -0.15) is 0 Å². The van der Waals surface area contributed by atoms with Crippen molar-refractivity contribution in [1.29, 1.82) is 0 Å². The number of nitrogens with zero attached hydrogens (tertiary/aromatic N) is 2. The first-order chi connectivity index (χ1) is 13.3. The van der Waals surface area contributed by atoms with Gasteiger partial charge in [0.2, 0.25) is 0 Å². The summed E-state index contributed by atoms with van der Waals surface area (Å²) in [6, 6.07) is 10.2. The van der Waals surface area contributed by atoms with Crippen LogP contribution < -0.4 is 0 Å². The summed E-state index contributed by atoms with van der Waals surface area (Å²) in [4.78, 5) is 28.8. The van der Waals surface area contributed by atoms with E-state index >= 15 is 0 Å². The molecule has 1 heterocycles. The van der Waals surface area contributed by atoms with Crippen LogP contribution in [-0.2, 0) is 15.1 Å². The zero-order valence-electron chi connectivity index (χ0n) is 14.8. The number of carbonyl (C=O) groups excluding carboxylic acids is 1. The fourth-order valence-electron chi connectivity index (χ4n) is 3.05. The van der Waals surface area contributed by atoms with E-state index in [0.717, 1.165) is 12.1 Å². The lowest BCUT2D eigenvalue weighted by atomic mass is 9.87. The van der Waals surface area contributed by atoms with Crippen molar-refractivity contribution in [3.8, 4) is 0 Å². The molecule has 1 aromatic heterocycles. The highest BCUT2D eigenvalue weighted by Crippen LogP contribution is 2.41. The third-order valence-corrected chi connectivity index (χ3v) is 4.67. The molecule has 0 radical (unpaired) electrons. The van der Waals surface area contributed by atoms with E-state index in [4.69, 9.17) is 16.3 Å². The number of esters is 1. The highest BCUT2D eigenvalue weighted by Gasteiger charge is 2.47. The molecule has 0 amide bonds. The molecule has 0 saturated heterocycles. The summed E-state index contributed by atoms with van der Waals surface area (Å²) in [5.74, 6) is -2.61. The summed E-state index contributed by atoms with van der Waals surface area (Å²) in [6.45, 7) is 1.42. The molecule has 0 fully saturated rings. The summed E-state index contributed by atoms with van der Waals surface area (Å²) in [5, 5.41) is 9.85. The van der Waals surface area contributed by atoms with E-state index in [-0.39, 0.29) is 16.1 Å². The van der Waals surface area contributed by atoms with Crippen molar-refractivity contribution in [1.82, 2.24) is 9.55 Å². The standard InChI is InChI=1S/C20H16ClFN2O4/c1-20(15-8-7-14(22)11-16(15)21,17(18(25)26)24-10-9-23-12-24)28-19(27)13-5-3-2-4-6-13/h2-12,17H,1H3,(H,25,26). The number of hydrogen-bond acceptors (Lipinski definition) is 4. The molecular formula is C20H16ClFN2O4. The Morgan fingerprint density at radius 3 is 2.54 bits per heavy atom. The van der Waals surface area contributed by atoms with E-state index in [1.807, 2.05) is 0 Å². The molecule has 0 aliphatic heterocycles. The zero-order chi connectivity index (χ0) is 20.3. The van der Waals surface area contributed by atoms with Crippen molar-refractivity contribution in [3.05, 3.63) is 89.2 Å². The largest absolute Gasteiger partial charge is 0.480 e. The maximum atomic E-state index is 13.6. The van der Waals surface area contributed by atoms with Crippen molar-refractivity contribution in [2.45, 2.75) is 18.6 Å². The molecular weight excluding hydrogens is 387 g/mol. The summed E-state index contributed by atoms with van der Waals surface area (Å²) in [6.07, 6.45) is 4.14. The van der Waals surface area contributed by atoms with Gasteiger partial charge >= 0.3 is 11.9 Å². The van der Waals surface area contributed by atoms with Gasteiger partial charge in [0, 0.05) is 18.0 Å². The smallest absolute Gasteiger partial charge is 0.339 e. The second kappa shape index (κ2) is 7.82. The van der Waals surface area contributed by atoms with E-state index in [0.29, 0.717) is 0 Å². The minimum atomic E-state index is -1.76. The van der Waals surface area contributed by atoms with Crippen molar-refractivity contribution in [2.24, 2.45) is 0 Å². The van der Waals surface area contributed by atoms with Gasteiger partial charge in [0.25, 0.3) is 0 Å². The topological polar surface area (TPSA) is 81.4 Å². The Hall–Kier alpha value is -3.19. The number of imidazole rings is 1. The van der Waals surface area contributed by atoms with Crippen molar-refractivity contribution in [3.63, 3.8) is 0 Å². The number of benzene rings is 2. The van der Waals surface area contributed by atoms with E-state index in [1.54, 1.807) is 30.3 Å². The third kappa shape index (κ3) is 3.75. The molecule has 144 valence electrons. The average molecular weight is 403 g/mol. The fraction of sp³-hybridized carbons (Fsp3) is 0.150. The van der Waals surface area contributed by atoms with Crippen LogP contribution in [-0.4, -0.2) is 26.6 Å². The highest BCUT2D eigenvalue weighted by atomic mass is 35.5. The number of rotatable bonds is 6. The Kier molecular flexibility index (Phi) is 5.46. The summed E-state index contributed by atoms with van der Waals surface area (Å²) in [7, 11) is 0. The van der Waals surface area contributed by atoms with Crippen LogP contribution in [0.5, 0.6) is 0 Å². The number of hydrogen-bond donors (Lipinski definition) is 1. The quantitative estimate of drug-likeness (QED) is 0.628. The van der Waals surface area contributed by atoms with Crippen LogP contribution in [0.15, 0.2) is 67.3 Å². The lowest BCUT2D eigenvalue weighted by molar-refractivity contribution is -0.150. The first kappa shape index (κ1) is 19.6. The van der Waals surface area contributed by atoms with Crippen LogP contribution in [0.3, 0.4) is 0 Å². The first-order valence-corrected chi connectivity index (χ1v) is 8.65. The Labute approximate surface area is 165 Å². The van der Waals surface area contributed by atoms with E-state index < -0.39 is 29.4 Å². The van der Waals surface area contributed by atoms with Gasteiger partial charge in [0.05, 0.1) is 16.9 Å². The molecule has 0 bridgehead atoms. The summed E-state index contributed by atoms with van der Waals surface area (Å²) in [5.41, 5.74) is -1.37. The van der Waals surface area contributed by atoms with Gasteiger partial charge in [-0.15, -0.1) is 0 Å². The molecule has 2 aromatic carbocycles. The fourth-order valence-corrected chi connectivity index (χ4v) is 3.40. The average Bonchev–Trinajstić information content (AvgIpc) is 3.15. The second-order valence-electron chi connectivity index (χ2n) is 6.24. The van der Waals surface area contributed by atoms with Gasteiger partial charge < -0.3 is 14.4 Å². The molecule has 6 nitrogen and oxygen atoms in total. The third-order valence-electron chi connectivity index (χ3n) is 4.36. The number of carbonyl (C=O) groups is 2. The van der Waals surface area contributed by atoms with Gasteiger partial charge in [-0.3, -0.25) is 0 Å². The predicted molar refractivity (Wildman–Crippen MR) is 99.5 cm³/mol. The van der Waals surface area contributed by atoms with Gasteiger partial charge in [-0.05, 0) is 31.2 Å². The SMILES string of the molecule is CC(OC(=O)c1ccccc1)(c1ccc(F)cc1Cl)C(C(=O)O)n1ccnc1. The van der Waals surface area contributed by atoms with Crippen molar-refractivity contribution in [2.75, 3.05) is 0 Å². The molecule has 3 rings (SSSR count). The number of ether oxygens (including phenoxy) is 1. The monoisotopic (exact) mass is 402 g/mol. The number of carboxylic acid groups (broad SMARTS) is 1. The van der Waals surface area contributed by atoms with E-state index in [1.165, 1.54) is 36.3 Å². The number of carboxylic acids is 1. The van der Waals surface area contributed by atoms with Crippen LogP contribution in [0.2, 0.25) is 5.02 Å². The number of aliphatic carboxylic acids is 1.